The summed E-state index contributed by atoms with van der Waals surface area (Å²) in [6.07, 6.45) is -2.19. The number of ether oxygens (including phenoxy) is 4. The SMILES string of the molecule is COCCOCO[C@@H](CC(=O)OC(C)(C)C)[C@H](O)C[S@@](=O)c1ccc(C)cc1. The smallest absolute Gasteiger partial charge is 0.309 e. The zero-order valence-electron chi connectivity index (χ0n) is 17.3. The van der Waals surface area contributed by atoms with E-state index in [2.05, 4.69) is 0 Å². The molecule has 1 aromatic rings. The minimum absolute atomic E-state index is 0.0609. The Kier molecular flexibility index (Phi) is 10.8. The van der Waals surface area contributed by atoms with Gasteiger partial charge >= 0.3 is 5.97 Å². The van der Waals surface area contributed by atoms with Gasteiger partial charge in [0.05, 0.1) is 48.4 Å². The molecule has 0 saturated carbocycles. The standard InChI is InChI=1S/C20H32O7S/c1-15-6-8-16(9-7-15)28(23)13-17(21)18(26-14-25-11-10-24-5)12-19(22)27-20(2,3)4/h6-9,17-18,21H,10-14H2,1-5H3/t17-,18+,28-/m1/s1. The molecule has 7 nitrogen and oxygen atoms in total. The largest absolute Gasteiger partial charge is 0.460 e. The van der Waals surface area contributed by atoms with Gasteiger partial charge in [-0.2, -0.15) is 0 Å². The van der Waals surface area contributed by atoms with Crippen molar-refractivity contribution in [3.8, 4) is 0 Å². The first-order valence-electron chi connectivity index (χ1n) is 9.15. The second kappa shape index (κ2) is 12.3. The number of aryl methyl sites for hydroxylation is 1. The molecule has 1 N–H and O–H groups in total. The Morgan fingerprint density at radius 2 is 1.82 bits per heavy atom. The summed E-state index contributed by atoms with van der Waals surface area (Å²) < 4.78 is 33.5. The van der Waals surface area contributed by atoms with Crippen molar-refractivity contribution >= 4 is 16.8 Å². The van der Waals surface area contributed by atoms with E-state index in [9.17, 15) is 14.1 Å². The number of hydrogen-bond donors (Lipinski definition) is 1. The fraction of sp³-hybridized carbons (Fsp3) is 0.650. The van der Waals surface area contributed by atoms with Crippen LogP contribution in [0.4, 0.5) is 0 Å². The highest BCUT2D eigenvalue weighted by molar-refractivity contribution is 7.85. The van der Waals surface area contributed by atoms with E-state index < -0.39 is 34.6 Å². The Balaban J connectivity index is 2.70. The van der Waals surface area contributed by atoms with E-state index in [1.807, 2.05) is 19.1 Å². The average Bonchev–Trinajstić information content (AvgIpc) is 2.59. The molecule has 0 fully saturated rings. The third kappa shape index (κ3) is 10.3. The third-order valence-electron chi connectivity index (χ3n) is 3.62. The number of rotatable bonds is 12. The number of aliphatic hydroxyl groups excluding tert-OH is 1. The highest BCUT2D eigenvalue weighted by Gasteiger charge is 2.28. The first kappa shape index (κ1) is 24.7. The maximum atomic E-state index is 12.5. The molecule has 1 rings (SSSR count). The van der Waals surface area contributed by atoms with E-state index in [1.165, 1.54) is 0 Å². The van der Waals surface area contributed by atoms with Gasteiger partial charge in [0.15, 0.2) is 0 Å². The van der Waals surface area contributed by atoms with Gasteiger partial charge in [-0.25, -0.2) is 0 Å². The first-order valence-corrected chi connectivity index (χ1v) is 10.5. The van der Waals surface area contributed by atoms with Crippen molar-refractivity contribution in [3.63, 3.8) is 0 Å². The maximum absolute atomic E-state index is 12.5. The summed E-state index contributed by atoms with van der Waals surface area (Å²) in [7, 11) is 0.126. The molecule has 0 aliphatic heterocycles. The first-order chi connectivity index (χ1) is 13.1. The van der Waals surface area contributed by atoms with Crippen molar-refractivity contribution < 1.29 is 33.1 Å². The zero-order valence-corrected chi connectivity index (χ0v) is 18.1. The Morgan fingerprint density at radius 3 is 2.39 bits per heavy atom. The van der Waals surface area contributed by atoms with Crippen molar-refractivity contribution in [1.82, 2.24) is 0 Å². The van der Waals surface area contributed by atoms with E-state index in [0.717, 1.165) is 5.56 Å². The van der Waals surface area contributed by atoms with Crippen LogP contribution in [0.5, 0.6) is 0 Å². The van der Waals surface area contributed by atoms with Crippen LogP contribution in [-0.4, -0.2) is 66.0 Å². The molecule has 28 heavy (non-hydrogen) atoms. The molecule has 0 heterocycles. The number of carbonyl (C=O) groups excluding carboxylic acids is 1. The van der Waals surface area contributed by atoms with Crippen molar-refractivity contribution in [1.29, 1.82) is 0 Å². The molecule has 0 aliphatic carbocycles. The summed E-state index contributed by atoms with van der Waals surface area (Å²) >= 11 is 0. The van der Waals surface area contributed by atoms with Gasteiger partial charge in [0.1, 0.15) is 12.4 Å². The van der Waals surface area contributed by atoms with Crippen molar-refractivity contribution in [3.05, 3.63) is 29.8 Å². The van der Waals surface area contributed by atoms with Crippen molar-refractivity contribution in [2.45, 2.75) is 56.8 Å². The minimum atomic E-state index is -1.43. The molecule has 3 atom stereocenters. The van der Waals surface area contributed by atoms with Gasteiger partial charge in [-0.1, -0.05) is 17.7 Å². The molecule has 8 heteroatoms. The van der Waals surface area contributed by atoms with Gasteiger partial charge in [0, 0.05) is 12.0 Å². The van der Waals surface area contributed by atoms with Gasteiger partial charge in [-0.15, -0.1) is 0 Å². The molecule has 160 valence electrons. The summed E-state index contributed by atoms with van der Waals surface area (Å²) in [5.74, 6) is -0.566. The van der Waals surface area contributed by atoms with Crippen molar-refractivity contribution in [2.24, 2.45) is 0 Å². The second-order valence-electron chi connectivity index (χ2n) is 7.41. The molecule has 0 unspecified atom stereocenters. The Bertz CT molecular complexity index is 610. The van der Waals surface area contributed by atoms with Crippen LogP contribution in [0.1, 0.15) is 32.8 Å². The van der Waals surface area contributed by atoms with Crippen LogP contribution in [0.15, 0.2) is 29.2 Å². The topological polar surface area (TPSA) is 91.3 Å². The molecule has 0 amide bonds. The van der Waals surface area contributed by atoms with Crippen LogP contribution < -0.4 is 0 Å². The molecule has 0 radical (unpaired) electrons. The predicted molar refractivity (Wildman–Crippen MR) is 106 cm³/mol. The molecule has 0 saturated heterocycles. The van der Waals surface area contributed by atoms with Gasteiger partial charge in [-0.05, 0) is 39.8 Å². The lowest BCUT2D eigenvalue weighted by atomic mass is 10.1. The molecule has 1 aromatic carbocycles. The zero-order chi connectivity index (χ0) is 21.2. The fourth-order valence-corrected chi connectivity index (χ4v) is 3.40. The normalized spacial score (nSPS) is 15.1. The lowest BCUT2D eigenvalue weighted by Crippen LogP contribution is -2.38. The quantitative estimate of drug-likeness (QED) is 0.317. The van der Waals surface area contributed by atoms with Crippen molar-refractivity contribution in [2.75, 3.05) is 32.9 Å². The van der Waals surface area contributed by atoms with E-state index in [1.54, 1.807) is 40.0 Å². The van der Waals surface area contributed by atoms with Crippen LogP contribution in [0.25, 0.3) is 0 Å². The lowest BCUT2D eigenvalue weighted by molar-refractivity contribution is -0.167. The van der Waals surface area contributed by atoms with E-state index >= 15 is 0 Å². The van der Waals surface area contributed by atoms with Crippen LogP contribution in [0.3, 0.4) is 0 Å². The molecule has 0 spiro atoms. The summed E-state index contributed by atoms with van der Waals surface area (Å²) in [4.78, 5) is 12.8. The third-order valence-corrected chi connectivity index (χ3v) is 5.06. The number of esters is 1. The summed E-state index contributed by atoms with van der Waals surface area (Å²) in [5.41, 5.74) is 0.410. The van der Waals surface area contributed by atoms with Crippen LogP contribution in [0, 0.1) is 6.92 Å². The number of benzene rings is 1. The molecule has 0 aromatic heterocycles. The summed E-state index contributed by atoms with van der Waals surface area (Å²) in [6.45, 7) is 7.83. The van der Waals surface area contributed by atoms with Gasteiger partial charge < -0.3 is 24.1 Å². The summed E-state index contributed by atoms with van der Waals surface area (Å²) in [5, 5.41) is 10.5. The number of hydrogen-bond acceptors (Lipinski definition) is 7. The van der Waals surface area contributed by atoms with Crippen LogP contribution >= 0.6 is 0 Å². The number of carbonyl (C=O) groups is 1. The highest BCUT2D eigenvalue weighted by atomic mass is 32.2. The van der Waals surface area contributed by atoms with Crippen LogP contribution in [0.2, 0.25) is 0 Å². The molecular weight excluding hydrogens is 384 g/mol. The second-order valence-corrected chi connectivity index (χ2v) is 8.90. The average molecular weight is 417 g/mol. The molecule has 0 aliphatic rings. The van der Waals surface area contributed by atoms with Gasteiger partial charge in [-0.3, -0.25) is 9.00 Å². The fourth-order valence-electron chi connectivity index (χ4n) is 2.24. The Labute approximate surface area is 169 Å². The van der Waals surface area contributed by atoms with Gasteiger partial charge in [0.25, 0.3) is 0 Å². The van der Waals surface area contributed by atoms with E-state index in [4.69, 9.17) is 18.9 Å². The maximum Gasteiger partial charge on any atom is 0.309 e. The van der Waals surface area contributed by atoms with E-state index in [0.29, 0.717) is 18.1 Å². The van der Waals surface area contributed by atoms with Gasteiger partial charge in [0.2, 0.25) is 0 Å². The predicted octanol–water partition coefficient (Wildman–Crippen LogP) is 2.20. The highest BCUT2D eigenvalue weighted by Crippen LogP contribution is 2.16. The molecular formula is C20H32O7S. The monoisotopic (exact) mass is 416 g/mol. The number of methoxy groups -OCH3 is 1. The Morgan fingerprint density at radius 1 is 1.18 bits per heavy atom. The summed E-state index contributed by atoms with van der Waals surface area (Å²) in [6, 6.07) is 7.24. The lowest BCUT2D eigenvalue weighted by Gasteiger charge is -2.25. The minimum Gasteiger partial charge on any atom is -0.460 e. The van der Waals surface area contributed by atoms with Crippen LogP contribution in [-0.2, 0) is 34.5 Å². The molecule has 0 bridgehead atoms. The number of aliphatic hydroxyl groups is 1. The van der Waals surface area contributed by atoms with E-state index in [-0.39, 0.29) is 19.0 Å². The Hall–Kier alpha value is -1.32.